The Morgan fingerprint density at radius 1 is 1.13 bits per heavy atom. The van der Waals surface area contributed by atoms with E-state index < -0.39 is 0 Å². The number of ether oxygens (including phenoxy) is 1. The summed E-state index contributed by atoms with van der Waals surface area (Å²) in [5, 5.41) is 23.6. The minimum Gasteiger partial charge on any atom is -0.507 e. The van der Waals surface area contributed by atoms with Crippen LogP contribution < -0.4 is 15.1 Å². The van der Waals surface area contributed by atoms with E-state index in [1.807, 2.05) is 54.0 Å². The van der Waals surface area contributed by atoms with Crippen LogP contribution in [0.15, 0.2) is 77.2 Å². The number of hydrazone groups is 1. The lowest BCUT2D eigenvalue weighted by molar-refractivity contribution is -0.118. The molecule has 0 atom stereocenters. The minimum absolute atomic E-state index is 0.0619. The molecule has 0 aliphatic rings. The van der Waals surface area contributed by atoms with Crippen LogP contribution in [-0.2, 0) is 4.79 Å². The normalized spacial score (nSPS) is 11.1. The van der Waals surface area contributed by atoms with Crippen LogP contribution in [0.25, 0.3) is 17.1 Å². The number of hydrogen-bond acceptors (Lipinski definition) is 9. The Hall–Kier alpha value is -4.38. The van der Waals surface area contributed by atoms with E-state index in [1.54, 1.807) is 24.5 Å². The summed E-state index contributed by atoms with van der Waals surface area (Å²) in [5.74, 6) is 1.21. The third-order valence-corrected chi connectivity index (χ3v) is 6.76. The SMILES string of the molecule is CCOc1ccc(-n2c(SCC(=O)N/N=C\c3ccc(N(CC)CC)cc3O)nnc2-c2cccnc2)cc1. The third-order valence-electron chi connectivity index (χ3n) is 5.83. The van der Waals surface area contributed by atoms with E-state index in [-0.39, 0.29) is 17.4 Å². The van der Waals surface area contributed by atoms with Crippen molar-refractivity contribution in [3.8, 4) is 28.6 Å². The number of carbonyl (C=O) groups is 1. The van der Waals surface area contributed by atoms with Crippen LogP contribution >= 0.6 is 11.8 Å². The fourth-order valence-electron chi connectivity index (χ4n) is 3.90. The van der Waals surface area contributed by atoms with Crippen molar-refractivity contribution in [3.05, 3.63) is 72.6 Å². The number of thioether (sulfide) groups is 1. The predicted molar refractivity (Wildman–Crippen MR) is 154 cm³/mol. The highest BCUT2D eigenvalue weighted by Crippen LogP contribution is 2.28. The van der Waals surface area contributed by atoms with E-state index in [9.17, 15) is 9.90 Å². The first-order chi connectivity index (χ1) is 19.0. The van der Waals surface area contributed by atoms with Crippen LogP contribution in [0, 0.1) is 0 Å². The van der Waals surface area contributed by atoms with Crippen molar-refractivity contribution in [2.24, 2.45) is 5.10 Å². The molecule has 1 amide bonds. The lowest BCUT2D eigenvalue weighted by Gasteiger charge is -2.21. The highest BCUT2D eigenvalue weighted by atomic mass is 32.2. The zero-order valence-corrected chi connectivity index (χ0v) is 22.9. The van der Waals surface area contributed by atoms with Gasteiger partial charge in [-0.2, -0.15) is 5.10 Å². The molecule has 0 radical (unpaired) electrons. The van der Waals surface area contributed by atoms with Gasteiger partial charge in [0.15, 0.2) is 11.0 Å². The van der Waals surface area contributed by atoms with Gasteiger partial charge in [-0.1, -0.05) is 11.8 Å². The fourth-order valence-corrected chi connectivity index (χ4v) is 4.64. The monoisotopic (exact) mass is 545 g/mol. The molecule has 4 rings (SSSR count). The molecule has 2 heterocycles. The van der Waals surface area contributed by atoms with E-state index in [2.05, 4.69) is 44.5 Å². The number of nitrogens with one attached hydrogen (secondary N) is 1. The molecule has 0 spiro atoms. The molecule has 0 fully saturated rings. The van der Waals surface area contributed by atoms with E-state index >= 15 is 0 Å². The number of rotatable bonds is 12. The number of benzene rings is 2. The van der Waals surface area contributed by atoms with Gasteiger partial charge >= 0.3 is 0 Å². The van der Waals surface area contributed by atoms with E-state index in [1.165, 1.54) is 18.0 Å². The highest BCUT2D eigenvalue weighted by molar-refractivity contribution is 7.99. The van der Waals surface area contributed by atoms with Gasteiger partial charge in [-0.25, -0.2) is 5.43 Å². The molecule has 0 aliphatic heterocycles. The van der Waals surface area contributed by atoms with Gasteiger partial charge in [0.1, 0.15) is 11.5 Å². The maximum Gasteiger partial charge on any atom is 0.250 e. The highest BCUT2D eigenvalue weighted by Gasteiger charge is 2.17. The maximum absolute atomic E-state index is 12.6. The van der Waals surface area contributed by atoms with Crippen LogP contribution in [0.3, 0.4) is 0 Å². The van der Waals surface area contributed by atoms with Crippen molar-refractivity contribution in [3.63, 3.8) is 0 Å². The zero-order valence-electron chi connectivity index (χ0n) is 22.1. The number of anilines is 1. The average molecular weight is 546 g/mol. The molecular formula is C28H31N7O3S. The van der Waals surface area contributed by atoms with Crippen LogP contribution in [0.5, 0.6) is 11.5 Å². The van der Waals surface area contributed by atoms with Gasteiger partial charge in [0, 0.05) is 54.1 Å². The summed E-state index contributed by atoms with van der Waals surface area (Å²) in [6.45, 7) is 8.31. The molecule has 0 saturated heterocycles. The number of pyridine rings is 1. The predicted octanol–water partition coefficient (Wildman–Crippen LogP) is 4.52. The molecule has 2 N–H and O–H groups in total. The Morgan fingerprint density at radius 3 is 2.59 bits per heavy atom. The van der Waals surface area contributed by atoms with Crippen LogP contribution in [0.4, 0.5) is 5.69 Å². The number of aromatic nitrogens is 4. The van der Waals surface area contributed by atoms with Crippen molar-refractivity contribution in [2.45, 2.75) is 25.9 Å². The average Bonchev–Trinajstić information content (AvgIpc) is 3.39. The number of phenols is 1. The van der Waals surface area contributed by atoms with Crippen molar-refractivity contribution in [1.82, 2.24) is 25.2 Å². The lowest BCUT2D eigenvalue weighted by Crippen LogP contribution is -2.21. The van der Waals surface area contributed by atoms with E-state index in [0.717, 1.165) is 35.8 Å². The summed E-state index contributed by atoms with van der Waals surface area (Å²) in [4.78, 5) is 18.9. The van der Waals surface area contributed by atoms with E-state index in [4.69, 9.17) is 4.74 Å². The van der Waals surface area contributed by atoms with Crippen molar-refractivity contribution < 1.29 is 14.6 Å². The second-order valence-electron chi connectivity index (χ2n) is 8.31. The van der Waals surface area contributed by atoms with Gasteiger partial charge in [0.25, 0.3) is 5.91 Å². The smallest absolute Gasteiger partial charge is 0.250 e. The summed E-state index contributed by atoms with van der Waals surface area (Å²) in [7, 11) is 0. The topological polar surface area (TPSA) is 118 Å². The molecule has 2 aromatic carbocycles. The Labute approximate surface area is 231 Å². The summed E-state index contributed by atoms with van der Waals surface area (Å²) in [5.41, 5.74) is 5.57. The number of nitrogens with zero attached hydrogens (tertiary/aromatic N) is 6. The molecule has 0 aliphatic carbocycles. The van der Waals surface area contributed by atoms with Gasteiger partial charge in [-0.05, 0) is 69.3 Å². The Morgan fingerprint density at radius 2 is 1.92 bits per heavy atom. The Kier molecular flexibility index (Phi) is 9.52. The first-order valence-electron chi connectivity index (χ1n) is 12.7. The Balaban J connectivity index is 1.45. The molecule has 11 heteroatoms. The van der Waals surface area contributed by atoms with Gasteiger partial charge in [-0.3, -0.25) is 14.3 Å². The van der Waals surface area contributed by atoms with Crippen LogP contribution in [0.1, 0.15) is 26.3 Å². The molecular weight excluding hydrogens is 514 g/mol. The van der Waals surface area contributed by atoms with Crippen molar-refractivity contribution in [2.75, 3.05) is 30.3 Å². The zero-order chi connectivity index (χ0) is 27.6. The number of carbonyl (C=O) groups excluding carboxylic acids is 1. The molecule has 0 unspecified atom stereocenters. The number of phenolic OH excluding ortho intramolecular Hbond substituents is 1. The summed E-state index contributed by atoms with van der Waals surface area (Å²) < 4.78 is 7.44. The second-order valence-corrected chi connectivity index (χ2v) is 9.25. The molecule has 0 saturated carbocycles. The molecule has 10 nitrogen and oxygen atoms in total. The molecule has 0 bridgehead atoms. The number of hydrogen-bond donors (Lipinski definition) is 2. The van der Waals surface area contributed by atoms with Crippen LogP contribution in [0.2, 0.25) is 0 Å². The summed E-state index contributed by atoms with van der Waals surface area (Å²) >= 11 is 1.24. The second kappa shape index (κ2) is 13.4. The first kappa shape index (κ1) is 27.6. The van der Waals surface area contributed by atoms with E-state index in [0.29, 0.717) is 23.2 Å². The van der Waals surface area contributed by atoms with Crippen molar-refractivity contribution >= 4 is 29.6 Å². The third kappa shape index (κ3) is 6.94. The largest absolute Gasteiger partial charge is 0.507 e. The lowest BCUT2D eigenvalue weighted by atomic mass is 10.2. The molecule has 39 heavy (non-hydrogen) atoms. The standard InChI is InChI=1S/C28H31N7O3S/c1-4-34(5-2)23-10-9-20(25(36)16-23)18-30-31-26(37)19-39-28-33-32-27(21-8-7-15-29-17-21)35(28)22-11-13-24(14-12-22)38-6-3/h7-18,36H,4-6,19H2,1-3H3,(H,31,37)/b30-18-. The van der Waals surface area contributed by atoms with Crippen LogP contribution in [-0.4, -0.2) is 62.4 Å². The molecule has 4 aromatic rings. The quantitative estimate of drug-likeness (QED) is 0.152. The Bertz CT molecular complexity index is 1400. The fraction of sp³-hybridized carbons (Fsp3) is 0.250. The summed E-state index contributed by atoms with van der Waals surface area (Å²) in [6.07, 6.45) is 4.84. The van der Waals surface area contributed by atoms with Gasteiger partial charge in [-0.15, -0.1) is 10.2 Å². The van der Waals surface area contributed by atoms with Gasteiger partial charge in [0.05, 0.1) is 18.6 Å². The number of amides is 1. The minimum atomic E-state index is -0.320. The van der Waals surface area contributed by atoms with Gasteiger partial charge in [0.2, 0.25) is 0 Å². The summed E-state index contributed by atoms with van der Waals surface area (Å²) in [6, 6.07) is 16.7. The van der Waals surface area contributed by atoms with Gasteiger partial charge < -0.3 is 14.7 Å². The number of aromatic hydroxyl groups is 1. The molecule has 202 valence electrons. The first-order valence-corrected chi connectivity index (χ1v) is 13.6. The van der Waals surface area contributed by atoms with Crippen molar-refractivity contribution in [1.29, 1.82) is 0 Å². The maximum atomic E-state index is 12.6. The molecule has 2 aromatic heterocycles.